The van der Waals surface area contributed by atoms with Crippen LogP contribution in [0.1, 0.15) is 34.1 Å². The number of hydrogen-bond donors (Lipinski definition) is 0. The summed E-state index contributed by atoms with van der Waals surface area (Å²) in [5, 5.41) is 0. The molecule has 0 aromatic heterocycles. The van der Waals surface area contributed by atoms with Gasteiger partial charge < -0.3 is 11.8 Å². The van der Waals surface area contributed by atoms with Crippen LogP contribution < -0.4 is 0 Å². The molecule has 2 heteroatoms. The van der Waals surface area contributed by atoms with Crippen molar-refractivity contribution in [1.29, 1.82) is 0 Å². The van der Waals surface area contributed by atoms with Gasteiger partial charge in [-0.15, -0.1) is 6.92 Å². The van der Waals surface area contributed by atoms with Gasteiger partial charge in [-0.05, 0) is 20.6 Å². The summed E-state index contributed by atoms with van der Waals surface area (Å²) in [6.07, 6.45) is 4.37. The van der Waals surface area contributed by atoms with Crippen LogP contribution in [0.3, 0.4) is 0 Å². The monoisotopic (exact) mass is 255 g/mol. The maximum Gasteiger partial charge on any atom is 2.00 e. The summed E-state index contributed by atoms with van der Waals surface area (Å²) in [5.74, 6) is 0.560. The van der Waals surface area contributed by atoms with E-state index in [0.29, 0.717) is 5.92 Å². The standard InChI is InChI=1S/C9H13.C5H12N.Ti/c1-6-5-7(2)9(4)8(6)3;1-4-5-6(2)3;/h6H,1-4H3;1,4-5H2,2-3H3;/q2*-1;+2. The third-order valence-electron chi connectivity index (χ3n) is 2.84. The van der Waals surface area contributed by atoms with Gasteiger partial charge in [-0.2, -0.15) is 17.6 Å². The number of allylic oxidation sites excluding steroid dienone is 4. The van der Waals surface area contributed by atoms with E-state index >= 15 is 0 Å². The van der Waals surface area contributed by atoms with Gasteiger partial charge >= 0.3 is 21.7 Å². The van der Waals surface area contributed by atoms with Crippen LogP contribution in [0, 0.1) is 18.9 Å². The molecule has 0 bridgehead atoms. The molecule has 1 atom stereocenters. The summed E-state index contributed by atoms with van der Waals surface area (Å²) in [7, 11) is 4.09. The molecule has 0 aliphatic heterocycles. The molecule has 0 radical (unpaired) electrons. The molecule has 1 unspecified atom stereocenters. The van der Waals surface area contributed by atoms with Crippen molar-refractivity contribution in [3.63, 3.8) is 0 Å². The Morgan fingerprint density at radius 1 is 1.25 bits per heavy atom. The maximum atomic E-state index is 3.68. The Kier molecular flexibility index (Phi) is 10.7. The molecule has 0 saturated heterocycles. The number of nitrogens with zero attached hydrogens (tertiary/aromatic N) is 1. The predicted molar refractivity (Wildman–Crippen MR) is 68.5 cm³/mol. The molecule has 0 fully saturated rings. The van der Waals surface area contributed by atoms with E-state index in [-0.39, 0.29) is 21.7 Å². The van der Waals surface area contributed by atoms with Gasteiger partial charge in [0.05, 0.1) is 0 Å². The van der Waals surface area contributed by atoms with Crippen molar-refractivity contribution >= 4 is 0 Å². The number of hydrogen-bond acceptors (Lipinski definition) is 1. The van der Waals surface area contributed by atoms with Crippen molar-refractivity contribution in [1.82, 2.24) is 4.90 Å². The Bertz CT molecular complexity index is 251. The molecule has 0 heterocycles. The van der Waals surface area contributed by atoms with Crippen LogP contribution in [0.25, 0.3) is 0 Å². The van der Waals surface area contributed by atoms with Crippen molar-refractivity contribution in [3.8, 4) is 0 Å². The van der Waals surface area contributed by atoms with Crippen LogP contribution in [0.5, 0.6) is 0 Å². The van der Waals surface area contributed by atoms with Crippen LogP contribution in [-0.2, 0) is 21.7 Å². The second kappa shape index (κ2) is 9.21. The van der Waals surface area contributed by atoms with E-state index in [9.17, 15) is 0 Å². The van der Waals surface area contributed by atoms with Crippen molar-refractivity contribution in [3.05, 3.63) is 29.7 Å². The molecular weight excluding hydrogens is 230 g/mol. The second-order valence-corrected chi connectivity index (χ2v) is 4.46. The Labute approximate surface area is 117 Å². The van der Waals surface area contributed by atoms with Crippen LogP contribution in [0.2, 0.25) is 0 Å². The van der Waals surface area contributed by atoms with E-state index in [1.165, 1.54) is 16.7 Å². The summed E-state index contributed by atoms with van der Waals surface area (Å²) in [4.78, 5) is 2.12. The van der Waals surface area contributed by atoms with Gasteiger partial charge in [-0.25, -0.2) is 5.57 Å². The fourth-order valence-electron chi connectivity index (χ4n) is 1.48. The molecule has 16 heavy (non-hydrogen) atoms. The first-order chi connectivity index (χ1) is 6.90. The van der Waals surface area contributed by atoms with Crippen molar-refractivity contribution in [2.75, 3.05) is 20.6 Å². The Balaban J connectivity index is 0. The SMILES string of the molecule is CC1=[C-]C(C)C(C)=C1C.[CH2-]CCN(C)C.[Ti+2]. The summed E-state index contributed by atoms with van der Waals surface area (Å²) in [5.41, 5.74) is 4.25. The Morgan fingerprint density at radius 2 is 1.75 bits per heavy atom. The molecule has 0 aromatic rings. The van der Waals surface area contributed by atoms with E-state index in [0.717, 1.165) is 13.0 Å². The van der Waals surface area contributed by atoms with E-state index in [2.05, 4.69) is 45.6 Å². The molecule has 90 valence electrons. The molecular formula is C14H25NTi. The minimum atomic E-state index is 0. The molecule has 0 aromatic carbocycles. The zero-order valence-corrected chi connectivity index (χ0v) is 13.2. The minimum Gasteiger partial charge on any atom is -0.342 e. The molecule has 1 aliphatic rings. The first-order valence-corrected chi connectivity index (χ1v) is 5.62. The van der Waals surface area contributed by atoms with E-state index < -0.39 is 0 Å². The Hall–Kier alpha value is 0.154. The summed E-state index contributed by atoms with van der Waals surface area (Å²) < 4.78 is 0. The molecule has 1 rings (SSSR count). The zero-order chi connectivity index (χ0) is 12.0. The van der Waals surface area contributed by atoms with Crippen LogP contribution >= 0.6 is 0 Å². The van der Waals surface area contributed by atoms with Gasteiger partial charge in [0.2, 0.25) is 0 Å². The quantitative estimate of drug-likeness (QED) is 0.539. The fourth-order valence-corrected chi connectivity index (χ4v) is 1.48. The summed E-state index contributed by atoms with van der Waals surface area (Å²) in [6.45, 7) is 13.5. The first kappa shape index (κ1) is 18.5. The van der Waals surface area contributed by atoms with Crippen LogP contribution in [0.4, 0.5) is 0 Å². The molecule has 0 N–H and O–H groups in total. The van der Waals surface area contributed by atoms with Crippen molar-refractivity contribution in [2.24, 2.45) is 5.92 Å². The fraction of sp³-hybridized carbons (Fsp3) is 0.643. The summed E-state index contributed by atoms with van der Waals surface area (Å²) in [6, 6.07) is 0. The average Bonchev–Trinajstić information content (AvgIpc) is 2.34. The van der Waals surface area contributed by atoms with Crippen molar-refractivity contribution in [2.45, 2.75) is 34.1 Å². The molecule has 0 saturated carbocycles. The van der Waals surface area contributed by atoms with Crippen LogP contribution in [-0.4, -0.2) is 25.5 Å². The largest absolute Gasteiger partial charge is 2.00 e. The third-order valence-corrected chi connectivity index (χ3v) is 2.84. The molecule has 0 amide bonds. The van der Waals surface area contributed by atoms with Gasteiger partial charge in [0.25, 0.3) is 0 Å². The van der Waals surface area contributed by atoms with Gasteiger partial charge in [0, 0.05) is 0 Å². The summed E-state index contributed by atoms with van der Waals surface area (Å²) >= 11 is 0. The van der Waals surface area contributed by atoms with E-state index in [1.807, 2.05) is 14.1 Å². The predicted octanol–water partition coefficient (Wildman–Crippen LogP) is 3.49. The van der Waals surface area contributed by atoms with Gasteiger partial charge in [0.15, 0.2) is 0 Å². The number of rotatable bonds is 2. The van der Waals surface area contributed by atoms with E-state index in [1.54, 1.807) is 0 Å². The van der Waals surface area contributed by atoms with Crippen LogP contribution in [0.15, 0.2) is 16.7 Å². The zero-order valence-electron chi connectivity index (χ0n) is 11.6. The molecule has 1 nitrogen and oxygen atoms in total. The third kappa shape index (κ3) is 6.68. The molecule has 1 aliphatic carbocycles. The van der Waals surface area contributed by atoms with Gasteiger partial charge in [-0.3, -0.25) is 6.08 Å². The topological polar surface area (TPSA) is 3.24 Å². The molecule has 0 spiro atoms. The average molecular weight is 255 g/mol. The van der Waals surface area contributed by atoms with Gasteiger partial charge in [-0.1, -0.05) is 26.7 Å². The first-order valence-electron chi connectivity index (χ1n) is 5.62. The van der Waals surface area contributed by atoms with Crippen molar-refractivity contribution < 1.29 is 21.7 Å². The van der Waals surface area contributed by atoms with E-state index in [4.69, 9.17) is 0 Å². The van der Waals surface area contributed by atoms with Gasteiger partial charge in [0.1, 0.15) is 0 Å². The second-order valence-electron chi connectivity index (χ2n) is 4.46. The normalized spacial score (nSPS) is 19.0. The Morgan fingerprint density at radius 3 is 1.81 bits per heavy atom. The maximum absolute atomic E-state index is 3.68. The minimum absolute atomic E-state index is 0. The smallest absolute Gasteiger partial charge is 0.342 e.